The summed E-state index contributed by atoms with van der Waals surface area (Å²) in [5.41, 5.74) is 0. The molecular formula is C4H6ClNO3. The van der Waals surface area contributed by atoms with Gasteiger partial charge >= 0.3 is 5.97 Å². The van der Waals surface area contributed by atoms with Crippen LogP contribution in [-0.2, 0) is 13.9 Å². The lowest BCUT2D eigenvalue weighted by atomic mass is 10.7. The molecule has 0 aliphatic carbocycles. The van der Waals surface area contributed by atoms with Crippen molar-refractivity contribution in [3.8, 4) is 0 Å². The quantitative estimate of drug-likeness (QED) is 0.244. The molecule has 5 heteroatoms. The Morgan fingerprint density at radius 1 is 1.56 bits per heavy atom. The first kappa shape index (κ1) is 8.23. The highest BCUT2D eigenvalue weighted by Crippen LogP contribution is 1.86. The van der Waals surface area contributed by atoms with Gasteiger partial charge in [-0.3, -0.25) is 9.18 Å². The molecule has 0 amide bonds. The summed E-state index contributed by atoms with van der Waals surface area (Å²) in [6.07, 6.45) is 0. The Morgan fingerprint density at radius 2 is 2.11 bits per heavy atom. The van der Waals surface area contributed by atoms with Crippen molar-refractivity contribution in [2.24, 2.45) is 5.16 Å². The molecular weight excluding hydrogens is 146 g/mol. The molecule has 0 atom stereocenters. The van der Waals surface area contributed by atoms with Crippen LogP contribution in [0.2, 0.25) is 0 Å². The Labute approximate surface area is 57.5 Å². The number of oxime groups is 1. The van der Waals surface area contributed by atoms with E-state index in [1.807, 2.05) is 0 Å². The third kappa shape index (κ3) is 5.10. The van der Waals surface area contributed by atoms with Crippen LogP contribution in [0.15, 0.2) is 5.16 Å². The van der Waals surface area contributed by atoms with E-state index < -0.39 is 5.97 Å². The van der Waals surface area contributed by atoms with Crippen LogP contribution in [0.4, 0.5) is 0 Å². The lowest BCUT2D eigenvalue weighted by molar-refractivity contribution is -0.133. The lowest BCUT2D eigenvalue weighted by Gasteiger charge is -1.94. The van der Waals surface area contributed by atoms with Crippen molar-refractivity contribution < 1.29 is 13.9 Å². The Bertz CT molecular complexity index is 134. The van der Waals surface area contributed by atoms with Crippen molar-refractivity contribution in [3.63, 3.8) is 0 Å². The number of nitrogens with zero attached hydrogens (tertiary/aromatic N) is 1. The Kier molecular flexibility index (Phi) is 3.79. The summed E-state index contributed by atoms with van der Waals surface area (Å²) in [5.74, 6) is -0.373. The Hall–Kier alpha value is -0.770. The topological polar surface area (TPSA) is 47.9 Å². The molecule has 0 spiro atoms. The number of hydrogen-bond acceptors (Lipinski definition) is 4. The molecule has 0 aromatic rings. The molecule has 0 saturated carbocycles. The molecule has 0 aliphatic heterocycles. The maximum absolute atomic E-state index is 10.1. The molecule has 0 unspecified atom stereocenters. The maximum atomic E-state index is 10.1. The van der Waals surface area contributed by atoms with Crippen LogP contribution in [0.5, 0.6) is 0 Å². The third-order valence-corrected chi connectivity index (χ3v) is 0.523. The summed E-state index contributed by atoms with van der Waals surface area (Å²) < 4.78 is 8.18. The molecule has 0 N–H and O–H groups in total. The van der Waals surface area contributed by atoms with E-state index in [-0.39, 0.29) is 5.90 Å². The minimum atomic E-state index is -0.454. The van der Waals surface area contributed by atoms with E-state index in [2.05, 4.69) is 14.3 Å². The summed E-state index contributed by atoms with van der Waals surface area (Å²) in [4.78, 5) is 10.1. The molecule has 0 radical (unpaired) electrons. The zero-order chi connectivity index (χ0) is 7.28. The van der Waals surface area contributed by atoms with E-state index in [1.54, 1.807) is 0 Å². The van der Waals surface area contributed by atoms with Crippen molar-refractivity contribution in [1.82, 2.24) is 0 Å². The van der Waals surface area contributed by atoms with Gasteiger partial charge in [-0.2, -0.15) is 0 Å². The molecule has 9 heavy (non-hydrogen) atoms. The van der Waals surface area contributed by atoms with E-state index in [0.717, 1.165) is 0 Å². The Balaban J connectivity index is 3.62. The molecule has 0 rings (SSSR count). The van der Waals surface area contributed by atoms with Crippen molar-refractivity contribution in [2.45, 2.75) is 13.8 Å². The largest absolute Gasteiger partial charge is 0.409 e. The van der Waals surface area contributed by atoms with Gasteiger partial charge in [-0.1, -0.05) is 0 Å². The maximum Gasteiger partial charge on any atom is 0.309 e. The second-order valence-corrected chi connectivity index (χ2v) is 1.41. The number of halogens is 1. The van der Waals surface area contributed by atoms with E-state index in [9.17, 15) is 4.79 Å². The summed E-state index contributed by atoms with van der Waals surface area (Å²) >= 11 is 4.70. The predicted molar refractivity (Wildman–Crippen MR) is 31.8 cm³/mol. The minimum absolute atomic E-state index is 0.0810. The number of ether oxygens (including phenoxy) is 1. The highest BCUT2D eigenvalue weighted by atomic mass is 35.5. The van der Waals surface area contributed by atoms with Crippen LogP contribution >= 0.6 is 11.9 Å². The van der Waals surface area contributed by atoms with Crippen molar-refractivity contribution >= 4 is 23.7 Å². The van der Waals surface area contributed by atoms with Gasteiger partial charge < -0.3 is 4.74 Å². The van der Waals surface area contributed by atoms with Gasteiger partial charge in [0.05, 0.1) is 0 Å². The first-order valence-electron chi connectivity index (χ1n) is 2.17. The zero-order valence-corrected chi connectivity index (χ0v) is 5.81. The molecule has 0 aliphatic rings. The van der Waals surface area contributed by atoms with Gasteiger partial charge in [-0.05, 0) is 5.16 Å². The first-order valence-corrected chi connectivity index (χ1v) is 2.48. The summed E-state index contributed by atoms with van der Waals surface area (Å²) in [5, 5.41) is 3.10. The average Bonchev–Trinajstić information content (AvgIpc) is 1.63. The monoisotopic (exact) mass is 151 g/mol. The van der Waals surface area contributed by atoms with E-state index in [0.29, 0.717) is 0 Å². The second kappa shape index (κ2) is 4.14. The third-order valence-electron chi connectivity index (χ3n) is 0.454. The van der Waals surface area contributed by atoms with Gasteiger partial charge in [0, 0.05) is 13.8 Å². The number of carbonyl (C=O) groups is 1. The second-order valence-electron chi connectivity index (χ2n) is 1.27. The molecule has 0 saturated heterocycles. The number of rotatable bonds is 1. The van der Waals surface area contributed by atoms with E-state index >= 15 is 0 Å². The van der Waals surface area contributed by atoms with Gasteiger partial charge in [-0.25, -0.2) is 0 Å². The summed E-state index contributed by atoms with van der Waals surface area (Å²) in [6, 6.07) is 0. The zero-order valence-electron chi connectivity index (χ0n) is 5.05. The molecule has 0 aromatic carbocycles. The van der Waals surface area contributed by atoms with Crippen LogP contribution in [0.1, 0.15) is 13.8 Å². The van der Waals surface area contributed by atoms with Gasteiger partial charge in [0.25, 0.3) is 0 Å². The van der Waals surface area contributed by atoms with Crippen molar-refractivity contribution in [1.29, 1.82) is 0 Å². The molecule has 52 valence electrons. The molecule has 0 bridgehead atoms. The molecule has 0 aromatic heterocycles. The minimum Gasteiger partial charge on any atom is -0.409 e. The fourth-order valence-electron chi connectivity index (χ4n) is 0.275. The van der Waals surface area contributed by atoms with Crippen molar-refractivity contribution in [3.05, 3.63) is 0 Å². The lowest BCUT2D eigenvalue weighted by Crippen LogP contribution is -2.04. The fraction of sp³-hybridized carbons (Fsp3) is 0.500. The van der Waals surface area contributed by atoms with Crippen LogP contribution in [0.25, 0.3) is 0 Å². The number of esters is 1. The van der Waals surface area contributed by atoms with Crippen LogP contribution in [0.3, 0.4) is 0 Å². The van der Waals surface area contributed by atoms with E-state index in [4.69, 9.17) is 11.9 Å². The normalized spacial score (nSPS) is 10.8. The molecule has 0 fully saturated rings. The van der Waals surface area contributed by atoms with Gasteiger partial charge in [-0.15, -0.1) is 0 Å². The number of hydrogen-bond donors (Lipinski definition) is 0. The predicted octanol–water partition coefficient (Wildman–Crippen LogP) is 1.05. The van der Waals surface area contributed by atoms with Gasteiger partial charge in [0.2, 0.25) is 5.90 Å². The SMILES string of the molecule is CC(=O)OC(C)=NOCl. The van der Waals surface area contributed by atoms with Crippen molar-refractivity contribution in [2.75, 3.05) is 0 Å². The highest BCUT2D eigenvalue weighted by Gasteiger charge is 1.95. The first-order chi connectivity index (χ1) is 4.16. The highest BCUT2D eigenvalue weighted by molar-refractivity contribution is 6.07. The van der Waals surface area contributed by atoms with Crippen LogP contribution in [-0.4, -0.2) is 11.9 Å². The summed E-state index contributed by atoms with van der Waals surface area (Å²) in [6.45, 7) is 2.71. The average molecular weight is 152 g/mol. The molecule has 4 nitrogen and oxygen atoms in total. The number of carbonyl (C=O) groups excluding carboxylic acids is 1. The van der Waals surface area contributed by atoms with Crippen LogP contribution < -0.4 is 0 Å². The van der Waals surface area contributed by atoms with E-state index in [1.165, 1.54) is 13.8 Å². The van der Waals surface area contributed by atoms with Gasteiger partial charge in [0.1, 0.15) is 0 Å². The van der Waals surface area contributed by atoms with Gasteiger partial charge in [0.15, 0.2) is 11.9 Å². The smallest absolute Gasteiger partial charge is 0.309 e. The Morgan fingerprint density at radius 3 is 2.44 bits per heavy atom. The molecule has 0 heterocycles. The fourth-order valence-corrected chi connectivity index (χ4v) is 0.372. The standard InChI is InChI=1S/C4H6ClNO3/c1-3(6-9-5)8-4(2)7/h1-2H3. The summed E-state index contributed by atoms with van der Waals surface area (Å²) in [7, 11) is 0. The van der Waals surface area contributed by atoms with Crippen LogP contribution in [0, 0.1) is 0 Å².